The van der Waals surface area contributed by atoms with Crippen LogP contribution in [0.5, 0.6) is 0 Å². The van der Waals surface area contributed by atoms with E-state index in [-0.39, 0.29) is 11.9 Å². The van der Waals surface area contributed by atoms with Gasteiger partial charge in [-0.1, -0.05) is 45.9 Å². The van der Waals surface area contributed by atoms with Crippen LogP contribution >= 0.6 is 21.6 Å². The molecular formula is C42H46F2N4S2+2. The van der Waals surface area contributed by atoms with Crippen molar-refractivity contribution in [3.05, 3.63) is 117 Å². The summed E-state index contributed by atoms with van der Waals surface area (Å²) in [4.78, 5) is 5.12. The number of halogens is 2. The monoisotopic (exact) mass is 708 g/mol. The van der Waals surface area contributed by atoms with Gasteiger partial charge in [-0.25, -0.2) is 0 Å². The minimum Gasteiger partial charge on any atom is -0.371 e. The fraction of sp³-hybridized carbons (Fsp3) is 0.381. The van der Waals surface area contributed by atoms with Gasteiger partial charge >= 0.3 is 11.9 Å². The van der Waals surface area contributed by atoms with Crippen LogP contribution in [0.1, 0.15) is 70.2 Å². The fourth-order valence-corrected chi connectivity index (χ4v) is 10.2. The van der Waals surface area contributed by atoms with E-state index in [1.165, 1.54) is 96.6 Å². The summed E-state index contributed by atoms with van der Waals surface area (Å²) in [6.45, 7) is 5.89. The molecule has 0 spiro atoms. The molecule has 0 aliphatic carbocycles. The molecule has 8 rings (SSSR count). The maximum absolute atomic E-state index is 15.0. The van der Waals surface area contributed by atoms with Crippen LogP contribution in [0.2, 0.25) is 0 Å². The molecule has 4 aliphatic rings. The average Bonchev–Trinajstić information content (AvgIpc) is 3.13. The van der Waals surface area contributed by atoms with Crippen LogP contribution in [0.4, 0.5) is 20.2 Å². The molecule has 50 heavy (non-hydrogen) atoms. The van der Waals surface area contributed by atoms with Crippen molar-refractivity contribution in [3.8, 4) is 0 Å². The Labute approximate surface area is 303 Å². The number of benzene rings is 2. The first-order chi connectivity index (χ1) is 24.6. The standard InChI is InChI=1S/C42H46F2N4S2/c43-39-29-31(9-11-33-25-35-5-1-15-47-16-2-6-36(26-33)41(35)47)13-19-45(39)21-23-49-50-24-22-46-20-14-32(30-40(46)44)10-12-34-27-37-7-3-17-48-18-4-8-38(28-34)42(37)48/h9-14,19-20,25-30H,1-8,15-18,21-24H2/q+2. The summed E-state index contributed by atoms with van der Waals surface area (Å²) in [6, 6.07) is 16.5. The van der Waals surface area contributed by atoms with E-state index in [2.05, 4.69) is 46.2 Å². The topological polar surface area (TPSA) is 14.2 Å². The van der Waals surface area contributed by atoms with E-state index in [0.29, 0.717) is 13.1 Å². The minimum atomic E-state index is -0.228. The maximum Gasteiger partial charge on any atom is 0.360 e. The van der Waals surface area contributed by atoms with E-state index >= 15 is 0 Å². The van der Waals surface area contributed by atoms with Crippen molar-refractivity contribution in [3.63, 3.8) is 0 Å². The van der Waals surface area contributed by atoms with E-state index in [1.54, 1.807) is 42.9 Å². The van der Waals surface area contributed by atoms with Crippen molar-refractivity contribution in [2.75, 3.05) is 47.5 Å². The Morgan fingerprint density at radius 3 is 1.24 bits per heavy atom. The summed E-state index contributed by atoms with van der Waals surface area (Å²) in [6.07, 6.45) is 21.4. The second-order valence-electron chi connectivity index (χ2n) is 14.0. The van der Waals surface area contributed by atoms with Crippen LogP contribution in [-0.2, 0) is 38.8 Å². The number of anilines is 2. The maximum atomic E-state index is 15.0. The Kier molecular flexibility index (Phi) is 10.3. The third-order valence-electron chi connectivity index (χ3n) is 10.6. The van der Waals surface area contributed by atoms with Gasteiger partial charge in [0.15, 0.2) is 25.5 Å². The number of hydrogen-bond donors (Lipinski definition) is 0. The lowest BCUT2D eigenvalue weighted by molar-refractivity contribution is -0.720. The first kappa shape index (κ1) is 33.5. The molecular weight excluding hydrogens is 663 g/mol. The first-order valence-corrected chi connectivity index (χ1v) is 20.9. The summed E-state index contributed by atoms with van der Waals surface area (Å²) in [5.74, 6) is 1.09. The molecule has 0 saturated heterocycles. The number of aryl methyl sites for hydroxylation is 6. The third kappa shape index (κ3) is 7.52. The Morgan fingerprint density at radius 2 is 0.880 bits per heavy atom. The summed E-state index contributed by atoms with van der Waals surface area (Å²) < 4.78 is 33.3. The molecule has 0 radical (unpaired) electrons. The molecule has 0 bridgehead atoms. The molecule has 258 valence electrons. The lowest BCUT2D eigenvalue weighted by Gasteiger charge is -2.37. The molecule has 8 heteroatoms. The van der Waals surface area contributed by atoms with Gasteiger partial charge in [0.25, 0.3) is 0 Å². The molecule has 4 aromatic rings. The van der Waals surface area contributed by atoms with Gasteiger partial charge < -0.3 is 9.80 Å². The highest BCUT2D eigenvalue weighted by Gasteiger charge is 2.25. The van der Waals surface area contributed by atoms with Crippen LogP contribution in [0.15, 0.2) is 60.9 Å². The van der Waals surface area contributed by atoms with Gasteiger partial charge in [-0.2, -0.15) is 9.13 Å². The van der Waals surface area contributed by atoms with Crippen molar-refractivity contribution in [2.24, 2.45) is 0 Å². The summed E-state index contributed by atoms with van der Waals surface area (Å²) in [5, 5.41) is 0. The fourth-order valence-electron chi connectivity index (χ4n) is 8.23. The first-order valence-electron chi connectivity index (χ1n) is 18.4. The lowest BCUT2D eigenvalue weighted by Crippen LogP contribution is -2.39. The SMILES string of the molecule is Fc1cc(/C=C/c2cc3c4c(c2)CCCN4CCC3)cc[n+]1CCSSCC[n+]1ccc(/C=C/c2cc3c4c(c2)CCCN4CCC3)cc1F. The molecule has 4 nitrogen and oxygen atoms in total. The Bertz CT molecular complexity index is 1740. The molecule has 0 fully saturated rings. The Balaban J connectivity index is 0.791. The lowest BCUT2D eigenvalue weighted by atomic mass is 9.90. The van der Waals surface area contributed by atoms with Crippen LogP contribution < -0.4 is 18.9 Å². The third-order valence-corrected chi connectivity index (χ3v) is 12.9. The van der Waals surface area contributed by atoms with Crippen molar-refractivity contribution in [2.45, 2.75) is 64.5 Å². The van der Waals surface area contributed by atoms with Gasteiger partial charge in [0, 0.05) is 61.8 Å². The summed E-state index contributed by atoms with van der Waals surface area (Å²) in [7, 11) is 3.40. The van der Waals surface area contributed by atoms with Crippen molar-refractivity contribution < 1.29 is 17.9 Å². The molecule has 0 unspecified atom stereocenters. The molecule has 4 aliphatic heterocycles. The van der Waals surface area contributed by atoms with Crippen molar-refractivity contribution in [1.29, 1.82) is 0 Å². The van der Waals surface area contributed by atoms with E-state index in [4.69, 9.17) is 0 Å². The summed E-state index contributed by atoms with van der Waals surface area (Å²) in [5.41, 5.74) is 13.0. The largest absolute Gasteiger partial charge is 0.371 e. The zero-order valence-electron chi connectivity index (χ0n) is 28.8. The number of rotatable bonds is 11. The highest BCUT2D eigenvalue weighted by atomic mass is 33.1. The van der Waals surface area contributed by atoms with Crippen LogP contribution in [0.3, 0.4) is 0 Å². The van der Waals surface area contributed by atoms with Crippen molar-refractivity contribution >= 4 is 57.3 Å². The zero-order chi connectivity index (χ0) is 33.9. The van der Waals surface area contributed by atoms with Gasteiger partial charge in [0.05, 0.1) is 11.5 Å². The van der Waals surface area contributed by atoms with E-state index < -0.39 is 0 Å². The quantitative estimate of drug-likeness (QED) is 0.0673. The van der Waals surface area contributed by atoms with Crippen LogP contribution in [0.25, 0.3) is 24.3 Å². The molecule has 2 aromatic heterocycles. The molecule has 6 heterocycles. The molecule has 0 saturated carbocycles. The Morgan fingerprint density at radius 1 is 0.520 bits per heavy atom. The van der Waals surface area contributed by atoms with Crippen LogP contribution in [0, 0.1) is 11.9 Å². The predicted octanol–water partition coefficient (Wildman–Crippen LogP) is 8.36. The zero-order valence-corrected chi connectivity index (χ0v) is 30.4. The van der Waals surface area contributed by atoms with E-state index in [0.717, 1.165) is 48.3 Å². The van der Waals surface area contributed by atoms with Crippen molar-refractivity contribution in [1.82, 2.24) is 0 Å². The van der Waals surface area contributed by atoms with Gasteiger partial charge in [0.1, 0.15) is 0 Å². The van der Waals surface area contributed by atoms with Gasteiger partial charge in [-0.05, 0) is 120 Å². The van der Waals surface area contributed by atoms with Gasteiger partial charge in [0.2, 0.25) is 0 Å². The normalized spacial score (nSPS) is 16.7. The van der Waals surface area contributed by atoms with Gasteiger partial charge in [-0.15, -0.1) is 8.78 Å². The highest BCUT2D eigenvalue weighted by molar-refractivity contribution is 8.76. The Hall–Kier alpha value is -3.62. The second kappa shape index (κ2) is 15.3. The predicted molar refractivity (Wildman–Crippen MR) is 207 cm³/mol. The number of nitrogens with zero attached hydrogens (tertiary/aromatic N) is 4. The number of hydrogen-bond acceptors (Lipinski definition) is 4. The highest BCUT2D eigenvalue weighted by Crippen LogP contribution is 2.37. The summed E-state index contributed by atoms with van der Waals surface area (Å²) >= 11 is 0. The molecule has 0 amide bonds. The van der Waals surface area contributed by atoms with Gasteiger partial charge in [-0.3, -0.25) is 0 Å². The smallest absolute Gasteiger partial charge is 0.360 e. The molecule has 0 atom stereocenters. The molecule has 2 aromatic carbocycles. The molecule has 0 N–H and O–H groups in total. The van der Waals surface area contributed by atoms with Crippen LogP contribution in [-0.4, -0.2) is 37.7 Å². The number of aromatic nitrogens is 2. The van der Waals surface area contributed by atoms with E-state index in [1.807, 2.05) is 36.7 Å². The average molecular weight is 709 g/mol. The second-order valence-corrected chi connectivity index (χ2v) is 16.7. The minimum absolute atomic E-state index is 0.228. The van der Waals surface area contributed by atoms with E-state index in [9.17, 15) is 8.78 Å². The number of pyridine rings is 2.